The highest BCUT2D eigenvalue weighted by atomic mass is 15.1. The Hall–Kier alpha value is -0.790. The third kappa shape index (κ3) is 23.4. The van der Waals surface area contributed by atoms with Crippen LogP contribution in [0.15, 0.2) is 12.4 Å². The Balaban J connectivity index is 2.08. The Morgan fingerprint density at radius 1 is 0.415 bits per heavy atom. The van der Waals surface area contributed by atoms with E-state index in [1.165, 1.54) is 212 Å². The van der Waals surface area contributed by atoms with Gasteiger partial charge in [0.2, 0.25) is 0 Å². The molecule has 0 N–H and O–H groups in total. The van der Waals surface area contributed by atoms with E-state index in [9.17, 15) is 0 Å². The van der Waals surface area contributed by atoms with Crippen molar-refractivity contribution >= 4 is 0 Å². The lowest BCUT2D eigenvalue weighted by Gasteiger charge is -2.07. The van der Waals surface area contributed by atoms with Crippen molar-refractivity contribution in [3.8, 4) is 0 Å². The predicted octanol–water partition coefficient (Wildman–Crippen LogP) is 13.1. The lowest BCUT2D eigenvalue weighted by atomic mass is 10.0. The van der Waals surface area contributed by atoms with Gasteiger partial charge in [-0.1, -0.05) is 188 Å². The first kappa shape index (κ1) is 38.2. The normalized spacial score (nSPS) is 11.6. The fraction of sp³-hybridized carbons (Fsp3) is 0.923. The van der Waals surface area contributed by atoms with Crippen molar-refractivity contribution in [1.82, 2.24) is 4.57 Å². The summed E-state index contributed by atoms with van der Waals surface area (Å²) in [6.45, 7) is 9.37. The third-order valence-electron chi connectivity index (χ3n) is 9.35. The molecular formula is C39H77N2+. The maximum absolute atomic E-state index is 2.61. The summed E-state index contributed by atoms with van der Waals surface area (Å²) >= 11 is 0. The Bertz CT molecular complexity index is 634. The van der Waals surface area contributed by atoms with Crippen LogP contribution >= 0.6 is 0 Å². The number of unbranched alkanes of at least 4 members (excludes halogenated alkanes) is 27. The van der Waals surface area contributed by atoms with Crippen LogP contribution < -0.4 is 4.57 Å². The summed E-state index contributed by atoms with van der Waals surface area (Å²) in [6.07, 6.45) is 49.0. The van der Waals surface area contributed by atoms with E-state index < -0.39 is 0 Å². The molecule has 1 aromatic heterocycles. The molecule has 0 unspecified atom stereocenters. The average molecular weight is 574 g/mol. The fourth-order valence-electron chi connectivity index (χ4n) is 6.48. The smallest absolute Gasteiger partial charge is 0.234 e. The minimum Gasteiger partial charge on any atom is -0.234 e. The number of hydrogen-bond donors (Lipinski definition) is 0. The molecule has 0 aromatic carbocycles. The molecule has 0 fully saturated rings. The molecular weight excluding hydrogens is 496 g/mol. The molecule has 1 heterocycles. The molecule has 41 heavy (non-hydrogen) atoms. The second-order valence-corrected chi connectivity index (χ2v) is 13.4. The van der Waals surface area contributed by atoms with Crippen LogP contribution in [-0.4, -0.2) is 4.57 Å². The summed E-state index contributed by atoms with van der Waals surface area (Å²) in [5.41, 5.74) is 0. The summed E-state index contributed by atoms with van der Waals surface area (Å²) < 4.78 is 5.19. The molecule has 1 aromatic rings. The highest BCUT2D eigenvalue weighted by Crippen LogP contribution is 2.15. The molecule has 0 atom stereocenters. The lowest BCUT2D eigenvalue weighted by molar-refractivity contribution is -0.704. The van der Waals surface area contributed by atoms with E-state index in [1.54, 1.807) is 5.82 Å². The number of aromatic nitrogens is 2. The summed E-state index contributed by atoms with van der Waals surface area (Å²) in [6, 6.07) is 0. The molecule has 0 aliphatic heterocycles. The molecule has 0 spiro atoms. The first-order valence-electron chi connectivity index (χ1n) is 19.4. The van der Waals surface area contributed by atoms with Gasteiger partial charge in [-0.05, 0) is 25.7 Å². The molecule has 0 saturated heterocycles. The van der Waals surface area contributed by atoms with Gasteiger partial charge >= 0.3 is 0 Å². The number of aryl methyl sites for hydroxylation is 2. The van der Waals surface area contributed by atoms with E-state index in [1.807, 2.05) is 0 Å². The zero-order chi connectivity index (χ0) is 29.5. The Morgan fingerprint density at radius 3 is 1.15 bits per heavy atom. The van der Waals surface area contributed by atoms with Crippen LogP contribution in [0.2, 0.25) is 0 Å². The zero-order valence-electron chi connectivity index (χ0n) is 28.9. The third-order valence-corrected chi connectivity index (χ3v) is 9.35. The van der Waals surface area contributed by atoms with E-state index >= 15 is 0 Å². The van der Waals surface area contributed by atoms with Crippen LogP contribution in [0.25, 0.3) is 0 Å². The molecule has 0 aliphatic rings. The summed E-state index contributed by atoms with van der Waals surface area (Å²) in [5.74, 6) is 1.60. The van der Waals surface area contributed by atoms with Gasteiger partial charge in [0.25, 0.3) is 5.82 Å². The highest BCUT2D eigenvalue weighted by Gasteiger charge is 2.16. The standard InChI is InChI=1S/C39H77N2/c1-4-7-10-12-14-16-18-20-21-22-23-24-26-28-30-32-34-39-40(35-9-6-3)37-38-41(39)36-33-31-29-27-25-19-17-15-13-11-8-5-2/h37-38H,4-36H2,1-3H3/q+1. The van der Waals surface area contributed by atoms with E-state index in [2.05, 4.69) is 42.3 Å². The molecule has 0 saturated carbocycles. The van der Waals surface area contributed by atoms with E-state index in [0.29, 0.717) is 0 Å². The lowest BCUT2D eigenvalue weighted by Crippen LogP contribution is -2.37. The second-order valence-electron chi connectivity index (χ2n) is 13.4. The van der Waals surface area contributed by atoms with Crippen molar-refractivity contribution in [2.24, 2.45) is 0 Å². The summed E-state index contributed by atoms with van der Waals surface area (Å²) in [5, 5.41) is 0. The first-order chi connectivity index (χ1) is 20.3. The SMILES string of the molecule is CCCCCCCCCCCCCCCCCCc1n(CCCC)cc[n+]1CCCCCCCCCCCCCC. The Morgan fingerprint density at radius 2 is 0.756 bits per heavy atom. The van der Waals surface area contributed by atoms with Crippen LogP contribution in [0.4, 0.5) is 0 Å². The van der Waals surface area contributed by atoms with Gasteiger partial charge in [0.05, 0.1) is 13.1 Å². The van der Waals surface area contributed by atoms with Gasteiger partial charge in [0, 0.05) is 6.42 Å². The van der Waals surface area contributed by atoms with Crippen molar-refractivity contribution in [3.63, 3.8) is 0 Å². The topological polar surface area (TPSA) is 8.81 Å². The second kappa shape index (κ2) is 30.7. The zero-order valence-corrected chi connectivity index (χ0v) is 28.9. The maximum Gasteiger partial charge on any atom is 0.256 e. The molecule has 0 amide bonds. The van der Waals surface area contributed by atoms with Gasteiger partial charge in [-0.2, -0.15) is 0 Å². The van der Waals surface area contributed by atoms with Crippen LogP contribution in [0.1, 0.15) is 219 Å². The average Bonchev–Trinajstić information content (AvgIpc) is 3.37. The van der Waals surface area contributed by atoms with Gasteiger partial charge < -0.3 is 0 Å². The molecule has 2 heteroatoms. The molecule has 0 bridgehead atoms. The fourth-order valence-corrected chi connectivity index (χ4v) is 6.48. The van der Waals surface area contributed by atoms with Crippen molar-refractivity contribution in [1.29, 1.82) is 0 Å². The maximum atomic E-state index is 2.61. The van der Waals surface area contributed by atoms with Gasteiger partial charge in [-0.3, -0.25) is 0 Å². The predicted molar refractivity (Wildman–Crippen MR) is 184 cm³/mol. The molecule has 2 nitrogen and oxygen atoms in total. The number of rotatable bonds is 33. The van der Waals surface area contributed by atoms with Crippen molar-refractivity contribution in [2.45, 2.75) is 233 Å². The minimum absolute atomic E-state index is 1.20. The van der Waals surface area contributed by atoms with Gasteiger partial charge in [0.1, 0.15) is 12.4 Å². The van der Waals surface area contributed by atoms with E-state index in [4.69, 9.17) is 0 Å². The van der Waals surface area contributed by atoms with Crippen molar-refractivity contribution < 1.29 is 4.57 Å². The van der Waals surface area contributed by atoms with Crippen molar-refractivity contribution in [2.75, 3.05) is 0 Å². The number of imidazole rings is 1. The van der Waals surface area contributed by atoms with Crippen LogP contribution in [0, 0.1) is 0 Å². The Labute approximate surface area is 259 Å². The number of nitrogens with zero attached hydrogens (tertiary/aromatic N) is 2. The van der Waals surface area contributed by atoms with Gasteiger partial charge in [-0.25, -0.2) is 9.13 Å². The molecule has 242 valence electrons. The summed E-state index contributed by atoms with van der Waals surface area (Å²) in [7, 11) is 0. The molecule has 0 aliphatic carbocycles. The Kier molecular flexibility index (Phi) is 28.6. The monoisotopic (exact) mass is 574 g/mol. The van der Waals surface area contributed by atoms with Gasteiger partial charge in [-0.15, -0.1) is 0 Å². The first-order valence-corrected chi connectivity index (χ1v) is 19.4. The van der Waals surface area contributed by atoms with Gasteiger partial charge in [0.15, 0.2) is 0 Å². The van der Waals surface area contributed by atoms with E-state index in [-0.39, 0.29) is 0 Å². The van der Waals surface area contributed by atoms with Crippen molar-refractivity contribution in [3.05, 3.63) is 18.2 Å². The highest BCUT2D eigenvalue weighted by molar-refractivity contribution is 4.84. The molecule has 1 rings (SSSR count). The van der Waals surface area contributed by atoms with Crippen LogP contribution in [0.5, 0.6) is 0 Å². The van der Waals surface area contributed by atoms with Crippen LogP contribution in [0.3, 0.4) is 0 Å². The number of hydrogen-bond acceptors (Lipinski definition) is 0. The summed E-state index contributed by atoms with van der Waals surface area (Å²) in [4.78, 5) is 0. The van der Waals surface area contributed by atoms with E-state index in [0.717, 1.165) is 0 Å². The molecule has 0 radical (unpaired) electrons. The van der Waals surface area contributed by atoms with Crippen LogP contribution in [-0.2, 0) is 19.5 Å². The minimum atomic E-state index is 1.20. The largest absolute Gasteiger partial charge is 0.256 e. The quantitative estimate of drug-likeness (QED) is 0.0584.